The summed E-state index contributed by atoms with van der Waals surface area (Å²) in [5.74, 6) is 0.477. The highest BCUT2D eigenvalue weighted by Gasteiger charge is 2.17. The van der Waals surface area contributed by atoms with Gasteiger partial charge in [-0.3, -0.25) is 14.8 Å². The van der Waals surface area contributed by atoms with E-state index in [2.05, 4.69) is 27.2 Å². The first-order valence-corrected chi connectivity index (χ1v) is 12.2. The lowest BCUT2D eigenvalue weighted by Gasteiger charge is -2.10. The van der Waals surface area contributed by atoms with Crippen LogP contribution in [0, 0.1) is 0 Å². The number of hydrogen-bond donors (Lipinski definition) is 2. The van der Waals surface area contributed by atoms with Gasteiger partial charge in [-0.25, -0.2) is 8.42 Å². The van der Waals surface area contributed by atoms with Gasteiger partial charge in [-0.2, -0.15) is 0 Å². The monoisotopic (exact) mass is 468 g/mol. The third-order valence-electron chi connectivity index (χ3n) is 3.58. The van der Waals surface area contributed by atoms with Crippen molar-refractivity contribution < 1.29 is 13.2 Å². The Hall–Kier alpha value is -2.14. The van der Waals surface area contributed by atoms with E-state index < -0.39 is 15.9 Å². The molecule has 0 unspecified atom stereocenters. The van der Waals surface area contributed by atoms with Gasteiger partial charge in [-0.15, -0.1) is 10.2 Å². The zero-order valence-corrected chi connectivity index (χ0v) is 18.5. The highest BCUT2D eigenvalue weighted by molar-refractivity contribution is 8.01. The number of thioether (sulfide) groups is 1. The minimum atomic E-state index is -3.74. The number of carbonyl (C=O) groups is 1. The van der Waals surface area contributed by atoms with Gasteiger partial charge in [0.25, 0.3) is 15.9 Å². The van der Waals surface area contributed by atoms with E-state index in [4.69, 9.17) is 11.6 Å². The minimum absolute atomic E-state index is 0.112. The minimum Gasteiger partial charge on any atom is -0.296 e. The number of carbonyl (C=O) groups excluding carboxylic acids is 1. The van der Waals surface area contributed by atoms with E-state index in [0.29, 0.717) is 5.13 Å². The molecule has 29 heavy (non-hydrogen) atoms. The summed E-state index contributed by atoms with van der Waals surface area (Å²) in [6.45, 7) is 2.07. The first-order valence-electron chi connectivity index (χ1n) is 8.54. The number of anilines is 2. The molecule has 7 nitrogen and oxygen atoms in total. The number of rotatable bonds is 8. The second-order valence-corrected chi connectivity index (χ2v) is 10.2. The molecule has 0 aliphatic heterocycles. The van der Waals surface area contributed by atoms with Crippen molar-refractivity contribution >= 4 is 61.4 Å². The summed E-state index contributed by atoms with van der Waals surface area (Å²) in [6.07, 6.45) is 1.02. The van der Waals surface area contributed by atoms with E-state index in [1.807, 2.05) is 0 Å². The maximum atomic E-state index is 12.5. The Kier molecular flexibility index (Phi) is 7.12. The molecule has 2 N–H and O–H groups in total. The molecule has 0 spiro atoms. The summed E-state index contributed by atoms with van der Waals surface area (Å²) in [4.78, 5) is 12.6. The molecule has 0 atom stereocenters. The standard InChI is InChI=1S/C18H17ClN4O3S3/c1-2-10-27-18-22-21-17(28-18)20-16(24)14-9-8-12(11-15(14)19)23-29(25,26)13-6-4-3-5-7-13/h3-9,11,23H,2,10H2,1H3,(H,20,21,24). The van der Waals surface area contributed by atoms with Gasteiger partial charge in [-0.05, 0) is 36.8 Å². The lowest BCUT2D eigenvalue weighted by molar-refractivity contribution is 0.102. The fourth-order valence-electron chi connectivity index (χ4n) is 2.25. The van der Waals surface area contributed by atoms with Crippen LogP contribution in [0.1, 0.15) is 23.7 Å². The number of sulfonamides is 1. The fraction of sp³-hybridized carbons (Fsp3) is 0.167. The third kappa shape index (κ3) is 5.69. The van der Waals surface area contributed by atoms with Crippen molar-refractivity contribution in [3.63, 3.8) is 0 Å². The summed E-state index contributed by atoms with van der Waals surface area (Å²) >= 11 is 9.07. The largest absolute Gasteiger partial charge is 0.296 e. The van der Waals surface area contributed by atoms with Crippen molar-refractivity contribution in [1.29, 1.82) is 0 Å². The van der Waals surface area contributed by atoms with Crippen molar-refractivity contribution in [2.45, 2.75) is 22.6 Å². The van der Waals surface area contributed by atoms with E-state index in [1.165, 1.54) is 41.7 Å². The zero-order chi connectivity index (χ0) is 20.9. The smallest absolute Gasteiger partial charge is 0.261 e. The number of nitrogens with zero attached hydrogens (tertiary/aromatic N) is 2. The van der Waals surface area contributed by atoms with E-state index in [0.717, 1.165) is 16.5 Å². The Bertz CT molecular complexity index is 1100. The molecular weight excluding hydrogens is 452 g/mol. The Labute approximate surface area is 182 Å². The van der Waals surface area contributed by atoms with Crippen LogP contribution in [-0.2, 0) is 10.0 Å². The Morgan fingerprint density at radius 3 is 2.62 bits per heavy atom. The highest BCUT2D eigenvalue weighted by atomic mass is 35.5. The van der Waals surface area contributed by atoms with Gasteiger partial charge in [0, 0.05) is 5.75 Å². The Morgan fingerprint density at radius 1 is 1.17 bits per heavy atom. The van der Waals surface area contributed by atoms with Crippen LogP contribution in [-0.4, -0.2) is 30.3 Å². The zero-order valence-electron chi connectivity index (χ0n) is 15.3. The maximum Gasteiger partial charge on any atom is 0.261 e. The van der Waals surface area contributed by atoms with Crippen LogP contribution in [0.25, 0.3) is 0 Å². The molecule has 1 aromatic heterocycles. The summed E-state index contributed by atoms with van der Waals surface area (Å²) < 4.78 is 28.0. The second kappa shape index (κ2) is 9.57. The summed E-state index contributed by atoms with van der Waals surface area (Å²) in [7, 11) is -3.74. The molecule has 0 radical (unpaired) electrons. The first kappa shape index (κ1) is 21.6. The number of halogens is 1. The quantitative estimate of drug-likeness (QED) is 0.365. The van der Waals surface area contributed by atoms with Crippen molar-refractivity contribution in [3.8, 4) is 0 Å². The lowest BCUT2D eigenvalue weighted by atomic mass is 10.2. The molecule has 0 bridgehead atoms. The fourth-order valence-corrected chi connectivity index (χ4v) is 5.26. The van der Waals surface area contributed by atoms with Crippen molar-refractivity contribution in [2.75, 3.05) is 15.8 Å². The van der Waals surface area contributed by atoms with Gasteiger partial charge in [0.05, 0.1) is 21.2 Å². The summed E-state index contributed by atoms with van der Waals surface area (Å²) in [6, 6.07) is 12.3. The van der Waals surface area contributed by atoms with Crippen LogP contribution in [0.5, 0.6) is 0 Å². The molecule has 3 rings (SSSR count). The Balaban J connectivity index is 1.70. The number of amides is 1. The predicted molar refractivity (Wildman–Crippen MR) is 118 cm³/mol. The van der Waals surface area contributed by atoms with Gasteiger partial charge < -0.3 is 0 Å². The molecule has 1 amide bonds. The van der Waals surface area contributed by atoms with Crippen LogP contribution >= 0.6 is 34.7 Å². The molecule has 0 aliphatic carbocycles. The molecule has 0 fully saturated rings. The van der Waals surface area contributed by atoms with Gasteiger partial charge in [0.1, 0.15) is 0 Å². The first-order chi connectivity index (χ1) is 13.9. The van der Waals surface area contributed by atoms with E-state index in [9.17, 15) is 13.2 Å². The molecular formula is C18H17ClN4O3S3. The molecule has 0 aliphatic rings. The van der Waals surface area contributed by atoms with Crippen LogP contribution < -0.4 is 10.0 Å². The van der Waals surface area contributed by atoms with E-state index in [-0.39, 0.29) is 21.2 Å². The normalized spacial score (nSPS) is 11.2. The summed E-state index contributed by atoms with van der Waals surface area (Å²) in [5.41, 5.74) is 0.455. The van der Waals surface area contributed by atoms with E-state index in [1.54, 1.807) is 30.0 Å². The van der Waals surface area contributed by atoms with Crippen LogP contribution in [0.15, 0.2) is 57.8 Å². The van der Waals surface area contributed by atoms with Crippen LogP contribution in [0.2, 0.25) is 5.02 Å². The summed E-state index contributed by atoms with van der Waals surface area (Å²) in [5, 5.41) is 11.1. The average molecular weight is 469 g/mol. The number of hydrogen-bond acceptors (Lipinski definition) is 7. The number of benzene rings is 2. The van der Waals surface area contributed by atoms with Crippen LogP contribution in [0.3, 0.4) is 0 Å². The predicted octanol–water partition coefficient (Wildman–Crippen LogP) is 4.75. The molecule has 0 saturated heterocycles. The molecule has 0 saturated carbocycles. The molecule has 2 aromatic carbocycles. The van der Waals surface area contributed by atoms with Gasteiger partial charge in [0.2, 0.25) is 5.13 Å². The maximum absolute atomic E-state index is 12.5. The van der Waals surface area contributed by atoms with Gasteiger partial charge >= 0.3 is 0 Å². The highest BCUT2D eigenvalue weighted by Crippen LogP contribution is 2.28. The van der Waals surface area contributed by atoms with Crippen molar-refractivity contribution in [2.24, 2.45) is 0 Å². The van der Waals surface area contributed by atoms with Gasteiger partial charge in [-0.1, -0.05) is 59.8 Å². The third-order valence-corrected chi connectivity index (χ3v) is 7.46. The van der Waals surface area contributed by atoms with E-state index >= 15 is 0 Å². The topological polar surface area (TPSA) is 101 Å². The molecule has 11 heteroatoms. The molecule has 152 valence electrons. The van der Waals surface area contributed by atoms with Gasteiger partial charge in [0.15, 0.2) is 4.34 Å². The number of aromatic nitrogens is 2. The average Bonchev–Trinajstić information content (AvgIpc) is 3.14. The Morgan fingerprint density at radius 2 is 1.93 bits per heavy atom. The van der Waals surface area contributed by atoms with Crippen molar-refractivity contribution in [3.05, 3.63) is 59.1 Å². The SMILES string of the molecule is CCCSc1nnc(NC(=O)c2ccc(NS(=O)(=O)c3ccccc3)cc2Cl)s1. The van der Waals surface area contributed by atoms with Crippen LogP contribution in [0.4, 0.5) is 10.8 Å². The lowest BCUT2D eigenvalue weighted by Crippen LogP contribution is -2.14. The second-order valence-electron chi connectivity index (χ2n) is 5.79. The molecule has 3 aromatic rings. The van der Waals surface area contributed by atoms with Crippen molar-refractivity contribution in [1.82, 2.24) is 10.2 Å². The molecule has 1 heterocycles. The number of nitrogens with one attached hydrogen (secondary N) is 2.